The molecular weight excluding hydrogens is 256 g/mol. The molecule has 1 unspecified atom stereocenters. The molecule has 0 saturated carbocycles. The summed E-state index contributed by atoms with van der Waals surface area (Å²) in [5, 5.41) is 7.74. The van der Waals surface area contributed by atoms with Gasteiger partial charge in [-0.05, 0) is 52.1 Å². The molecule has 19 heavy (non-hydrogen) atoms. The Labute approximate surface area is 118 Å². The van der Waals surface area contributed by atoms with E-state index in [1.165, 1.54) is 0 Å². The Bertz CT molecular complexity index is 480. The second-order valence-corrected chi connectivity index (χ2v) is 9.84. The van der Waals surface area contributed by atoms with Crippen LogP contribution in [0.5, 0.6) is 5.75 Å². The summed E-state index contributed by atoms with van der Waals surface area (Å²) in [6, 6.07) is 5.60. The van der Waals surface area contributed by atoms with E-state index in [2.05, 4.69) is 34.0 Å². The molecule has 0 aliphatic carbocycles. The molecule has 0 radical (unpaired) electrons. The topological polar surface area (TPSA) is 59.1 Å². The van der Waals surface area contributed by atoms with Gasteiger partial charge in [0.1, 0.15) is 5.75 Å². The summed E-state index contributed by atoms with van der Waals surface area (Å²) in [4.78, 5) is 0. The van der Waals surface area contributed by atoms with Gasteiger partial charge in [-0.25, -0.2) is 0 Å². The van der Waals surface area contributed by atoms with Crippen LogP contribution in [-0.4, -0.2) is 22.5 Å². The minimum Gasteiger partial charge on any atom is -0.449 e. The first-order valence-corrected chi connectivity index (χ1v) is 8.64. The molecule has 108 valence electrons. The predicted octanol–water partition coefficient (Wildman–Crippen LogP) is 4.20. The third-order valence-corrected chi connectivity index (χ3v) is 7.81. The highest BCUT2D eigenvalue weighted by molar-refractivity contribution is 8.30. The lowest BCUT2D eigenvalue weighted by Gasteiger charge is -2.46. The van der Waals surface area contributed by atoms with E-state index in [9.17, 15) is 0 Å². The van der Waals surface area contributed by atoms with Crippen LogP contribution in [0.3, 0.4) is 0 Å². The van der Waals surface area contributed by atoms with Crippen molar-refractivity contribution in [3.05, 3.63) is 23.8 Å². The summed E-state index contributed by atoms with van der Waals surface area (Å²) in [6.07, 6.45) is 2.21. The number of nitrogens with two attached hydrogens (primary N) is 1. The smallest absolute Gasteiger partial charge is 0.135 e. The third-order valence-electron chi connectivity index (χ3n) is 3.56. The molecular formula is C15H26N2OS. The number of nitrogen functional groups attached to an aromatic ring is 1. The van der Waals surface area contributed by atoms with Gasteiger partial charge in [0.05, 0.1) is 0 Å². The molecule has 0 bridgehead atoms. The molecule has 0 aliphatic rings. The van der Waals surface area contributed by atoms with Gasteiger partial charge in [0.15, 0.2) is 0 Å². The van der Waals surface area contributed by atoms with Crippen molar-refractivity contribution in [2.45, 2.75) is 39.4 Å². The minimum atomic E-state index is -1.21. The van der Waals surface area contributed by atoms with Gasteiger partial charge in [0.2, 0.25) is 0 Å². The standard InChI is InChI=1S/C15H26N2OS/c1-7-19(6,15(3,4)5)18-12-8-9-14(17)13(10-12)11(2)16/h8-10,16H,7,17H2,1-6H3. The van der Waals surface area contributed by atoms with Crippen LogP contribution in [0.25, 0.3) is 0 Å². The Morgan fingerprint density at radius 3 is 2.37 bits per heavy atom. The molecule has 3 nitrogen and oxygen atoms in total. The maximum absolute atomic E-state index is 7.74. The number of nitrogens with one attached hydrogen (secondary N) is 1. The molecule has 0 aromatic heterocycles. The minimum absolute atomic E-state index is 0.114. The van der Waals surface area contributed by atoms with Crippen LogP contribution in [0.15, 0.2) is 18.2 Å². The van der Waals surface area contributed by atoms with Crippen LogP contribution in [-0.2, 0) is 0 Å². The number of benzene rings is 1. The van der Waals surface area contributed by atoms with E-state index < -0.39 is 10.3 Å². The van der Waals surface area contributed by atoms with Crippen LogP contribution < -0.4 is 9.92 Å². The van der Waals surface area contributed by atoms with Crippen LogP contribution in [0.4, 0.5) is 5.69 Å². The highest BCUT2D eigenvalue weighted by Crippen LogP contribution is 2.56. The van der Waals surface area contributed by atoms with E-state index in [1.807, 2.05) is 18.2 Å². The van der Waals surface area contributed by atoms with Crippen LogP contribution >= 0.6 is 10.3 Å². The van der Waals surface area contributed by atoms with Gasteiger partial charge in [0.25, 0.3) is 0 Å². The maximum atomic E-state index is 7.74. The lowest BCUT2D eigenvalue weighted by molar-refractivity contribution is 0.581. The molecule has 1 aromatic rings. The molecule has 0 amide bonds. The van der Waals surface area contributed by atoms with Crippen LogP contribution in [0.2, 0.25) is 0 Å². The molecule has 0 fully saturated rings. The Morgan fingerprint density at radius 1 is 1.37 bits per heavy atom. The summed E-state index contributed by atoms with van der Waals surface area (Å²) < 4.78 is 6.41. The first kappa shape index (κ1) is 15.9. The molecule has 4 heteroatoms. The van der Waals surface area contributed by atoms with E-state index in [0.717, 1.165) is 17.1 Å². The molecule has 0 spiro atoms. The average Bonchev–Trinajstić information content (AvgIpc) is 2.29. The number of hydrogen-bond donors (Lipinski definition) is 2. The fraction of sp³-hybridized carbons (Fsp3) is 0.533. The van der Waals surface area contributed by atoms with Gasteiger partial charge in [-0.3, -0.25) is 0 Å². The molecule has 1 rings (SSSR count). The quantitative estimate of drug-likeness (QED) is 0.642. The van der Waals surface area contributed by atoms with Crippen molar-refractivity contribution < 1.29 is 4.18 Å². The van der Waals surface area contributed by atoms with Crippen molar-refractivity contribution in [3.63, 3.8) is 0 Å². The van der Waals surface area contributed by atoms with Crippen LogP contribution in [0.1, 0.15) is 40.2 Å². The summed E-state index contributed by atoms with van der Waals surface area (Å²) >= 11 is 0. The normalized spacial score (nSPS) is 16.5. The van der Waals surface area contributed by atoms with Crippen molar-refractivity contribution in [2.75, 3.05) is 17.7 Å². The number of anilines is 1. The van der Waals surface area contributed by atoms with Gasteiger partial charge in [-0.2, -0.15) is 0 Å². The fourth-order valence-electron chi connectivity index (χ4n) is 1.74. The molecule has 1 atom stereocenters. The monoisotopic (exact) mass is 282 g/mol. The van der Waals surface area contributed by atoms with Gasteiger partial charge < -0.3 is 15.3 Å². The van der Waals surface area contributed by atoms with E-state index in [0.29, 0.717) is 11.4 Å². The van der Waals surface area contributed by atoms with E-state index in [1.54, 1.807) is 6.92 Å². The zero-order valence-corrected chi connectivity index (χ0v) is 13.6. The molecule has 0 heterocycles. The average molecular weight is 282 g/mol. The SMILES string of the molecule is CCS(C)(Oc1ccc(N)c(C(C)=N)c1)C(C)(C)C. The number of hydrogen-bond acceptors (Lipinski definition) is 3. The summed E-state index contributed by atoms with van der Waals surface area (Å²) in [5.74, 6) is 1.81. The van der Waals surface area contributed by atoms with Gasteiger partial charge in [-0.1, -0.05) is 17.2 Å². The van der Waals surface area contributed by atoms with Crippen LogP contribution in [0, 0.1) is 5.41 Å². The zero-order chi connectivity index (χ0) is 14.8. The predicted molar refractivity (Wildman–Crippen MR) is 87.8 cm³/mol. The highest BCUT2D eigenvalue weighted by Gasteiger charge is 2.33. The Kier molecular flexibility index (Phi) is 4.56. The second-order valence-electron chi connectivity index (χ2n) is 5.86. The van der Waals surface area contributed by atoms with Gasteiger partial charge >= 0.3 is 0 Å². The summed E-state index contributed by atoms with van der Waals surface area (Å²) in [5.41, 5.74) is 7.73. The summed E-state index contributed by atoms with van der Waals surface area (Å²) in [6.45, 7) is 10.6. The molecule has 0 saturated heterocycles. The molecule has 0 aliphatic heterocycles. The van der Waals surface area contributed by atoms with Crippen molar-refractivity contribution in [3.8, 4) is 5.75 Å². The van der Waals surface area contributed by atoms with Crippen molar-refractivity contribution in [1.82, 2.24) is 0 Å². The zero-order valence-electron chi connectivity index (χ0n) is 12.8. The fourth-order valence-corrected chi connectivity index (χ4v) is 3.50. The lowest BCUT2D eigenvalue weighted by Crippen LogP contribution is -2.29. The third kappa shape index (κ3) is 3.44. The van der Waals surface area contributed by atoms with Gasteiger partial charge in [0, 0.05) is 27.5 Å². The largest absolute Gasteiger partial charge is 0.449 e. The Morgan fingerprint density at radius 2 is 1.95 bits per heavy atom. The second kappa shape index (κ2) is 5.45. The van der Waals surface area contributed by atoms with Crippen molar-refractivity contribution in [1.29, 1.82) is 5.41 Å². The van der Waals surface area contributed by atoms with E-state index in [4.69, 9.17) is 15.3 Å². The molecule has 1 aromatic carbocycles. The van der Waals surface area contributed by atoms with Gasteiger partial charge in [-0.15, -0.1) is 0 Å². The first-order valence-electron chi connectivity index (χ1n) is 6.51. The number of rotatable bonds is 4. The molecule has 3 N–H and O–H groups in total. The Balaban J connectivity index is 3.12. The lowest BCUT2D eigenvalue weighted by atomic mass is 10.1. The summed E-state index contributed by atoms with van der Waals surface area (Å²) in [7, 11) is -1.21. The van der Waals surface area contributed by atoms with E-state index in [-0.39, 0.29) is 4.75 Å². The van der Waals surface area contributed by atoms with E-state index >= 15 is 0 Å². The van der Waals surface area contributed by atoms with Crippen molar-refractivity contribution >= 4 is 21.7 Å². The highest BCUT2D eigenvalue weighted by atomic mass is 32.3. The Hall–Kier alpha value is -1.16. The first-order chi connectivity index (χ1) is 8.60. The maximum Gasteiger partial charge on any atom is 0.135 e. The van der Waals surface area contributed by atoms with Crippen molar-refractivity contribution in [2.24, 2.45) is 0 Å².